The van der Waals surface area contributed by atoms with Gasteiger partial charge >= 0.3 is 12.2 Å². The fraction of sp³-hybridized carbons (Fsp3) is 0.481. The van der Waals surface area contributed by atoms with Gasteiger partial charge in [0.15, 0.2) is 9.04 Å². The van der Waals surface area contributed by atoms with Gasteiger partial charge in [0.05, 0.1) is 5.69 Å². The summed E-state index contributed by atoms with van der Waals surface area (Å²) in [5, 5.41) is 19.9. The third-order valence-electron chi connectivity index (χ3n) is 6.62. The molecule has 12 nitrogen and oxygen atoms in total. The molecule has 2 unspecified atom stereocenters. The van der Waals surface area contributed by atoms with Crippen molar-refractivity contribution in [2.24, 2.45) is 17.3 Å². The van der Waals surface area contributed by atoms with Crippen LogP contribution >= 0.6 is 0 Å². The molecule has 3 aromatic rings. The van der Waals surface area contributed by atoms with Crippen LogP contribution in [0.2, 0.25) is 13.1 Å². The molecule has 234 valence electrons. The van der Waals surface area contributed by atoms with E-state index in [9.17, 15) is 27.6 Å². The first-order chi connectivity index (χ1) is 20.0. The Morgan fingerprint density at radius 1 is 1.05 bits per heavy atom. The molecule has 3 amide bonds. The largest absolute Gasteiger partial charge is 0.398 e. The number of aromatic nitrogens is 5. The second kappa shape index (κ2) is 13.1. The van der Waals surface area contributed by atoms with Crippen LogP contribution in [0.25, 0.3) is 11.3 Å². The molecule has 4 N–H and O–H groups in total. The Kier molecular flexibility index (Phi) is 10.2. The van der Waals surface area contributed by atoms with Crippen LogP contribution in [0.4, 0.5) is 29.6 Å². The number of alkyl halides is 3. The second-order valence-corrected chi connectivity index (χ2v) is 14.1. The number of tetrazole rings is 1. The third-order valence-corrected chi connectivity index (χ3v) is 7.48. The van der Waals surface area contributed by atoms with Gasteiger partial charge in [-0.15, -0.1) is 0 Å². The summed E-state index contributed by atoms with van der Waals surface area (Å²) in [5.74, 6) is -3.80. The van der Waals surface area contributed by atoms with Crippen LogP contribution in [0.3, 0.4) is 0 Å². The average Bonchev–Trinajstić information content (AvgIpc) is 3.37. The molecule has 1 aromatic carbocycles. The number of anilines is 2. The molecule has 2 heterocycles. The predicted octanol–water partition coefficient (Wildman–Crippen LogP) is 4.37. The third kappa shape index (κ3) is 8.07. The van der Waals surface area contributed by atoms with Crippen molar-refractivity contribution in [1.29, 1.82) is 0 Å². The van der Waals surface area contributed by atoms with Gasteiger partial charge in [-0.05, 0) is 46.6 Å². The topological polar surface area (TPSA) is 156 Å². The van der Waals surface area contributed by atoms with Crippen LogP contribution in [0.5, 0.6) is 0 Å². The maximum absolute atomic E-state index is 14.7. The van der Waals surface area contributed by atoms with Gasteiger partial charge in [0.2, 0.25) is 11.9 Å². The number of carbonyl (C=O) groups is 2. The molecule has 0 aliphatic heterocycles. The minimum atomic E-state index is -4.72. The van der Waals surface area contributed by atoms with E-state index in [2.05, 4.69) is 36.6 Å². The minimum absolute atomic E-state index is 0.0742. The van der Waals surface area contributed by atoms with E-state index in [-0.39, 0.29) is 11.6 Å². The van der Waals surface area contributed by atoms with Gasteiger partial charge in [0.25, 0.3) is 5.56 Å². The molecule has 0 saturated carbocycles. The van der Waals surface area contributed by atoms with Crippen LogP contribution in [0.15, 0.2) is 47.3 Å². The number of halogens is 3. The van der Waals surface area contributed by atoms with Crippen LogP contribution < -0.4 is 21.5 Å². The number of benzene rings is 1. The highest BCUT2D eigenvalue weighted by Gasteiger charge is 2.61. The molecule has 0 spiro atoms. The Bertz CT molecular complexity index is 1440. The summed E-state index contributed by atoms with van der Waals surface area (Å²) in [4.78, 5) is 39.8. The standard InChI is InChI=1S/C27H37F3N8O4Si/c1-16(2)26(42-43(6)7,22(25(3,4)5)27(28,29)30)33-20(39)15-38-19(17-11-9-8-10-12-17)14-13-18(21(38)40)31-24(41)32-23-34-36-37-35-23/h8-14,16,22,43H,15H2,1-7H3,(H,33,39)(H3,31,32,34,35,36,37,41). The van der Waals surface area contributed by atoms with Crippen molar-refractivity contribution in [3.63, 3.8) is 0 Å². The first-order valence-corrected chi connectivity index (χ1v) is 16.4. The summed E-state index contributed by atoms with van der Waals surface area (Å²) in [7, 11) is -2.17. The number of urea groups is 1. The number of amides is 3. The van der Waals surface area contributed by atoms with Gasteiger partial charge in [-0.1, -0.05) is 70.0 Å². The lowest BCUT2D eigenvalue weighted by Crippen LogP contribution is -2.67. The van der Waals surface area contributed by atoms with Crippen molar-refractivity contribution in [1.82, 2.24) is 30.5 Å². The Labute approximate surface area is 248 Å². The minimum Gasteiger partial charge on any atom is -0.398 e. The van der Waals surface area contributed by atoms with Gasteiger partial charge in [-0.25, -0.2) is 9.89 Å². The fourth-order valence-corrected chi connectivity index (χ4v) is 6.36. The number of nitrogens with zero attached hydrogens (tertiary/aromatic N) is 4. The number of H-pyrrole nitrogens is 1. The number of hydrogen-bond donors (Lipinski definition) is 4. The normalized spacial score (nSPS) is 14.3. The number of carbonyl (C=O) groups excluding carboxylic acids is 2. The van der Waals surface area contributed by atoms with Gasteiger partial charge < -0.3 is 15.1 Å². The lowest BCUT2D eigenvalue weighted by Gasteiger charge is -2.51. The highest BCUT2D eigenvalue weighted by atomic mass is 28.3. The molecule has 43 heavy (non-hydrogen) atoms. The SMILES string of the molecule is CC(C)C(NC(=O)Cn1c(-c2ccccc2)ccc(NC(=O)Nc2nnn[nH]2)c1=O)(O[SiH](C)C)C(C(C)(C)C)C(F)(F)F. The van der Waals surface area contributed by atoms with E-state index in [4.69, 9.17) is 4.43 Å². The van der Waals surface area contributed by atoms with E-state index >= 15 is 0 Å². The molecule has 2 aromatic heterocycles. The zero-order valence-corrected chi connectivity index (χ0v) is 26.2. The molecule has 0 bridgehead atoms. The summed E-state index contributed by atoms with van der Waals surface area (Å²) < 4.78 is 51.4. The zero-order chi connectivity index (χ0) is 32.2. The van der Waals surface area contributed by atoms with E-state index in [1.807, 2.05) is 0 Å². The summed E-state index contributed by atoms with van der Waals surface area (Å²) in [5.41, 5.74) is -3.53. The lowest BCUT2D eigenvalue weighted by atomic mass is 9.70. The van der Waals surface area contributed by atoms with E-state index < -0.39 is 62.2 Å². The molecular formula is C27H37F3N8O4Si. The average molecular weight is 623 g/mol. The summed E-state index contributed by atoms with van der Waals surface area (Å²) in [6.07, 6.45) is -4.72. The van der Waals surface area contributed by atoms with E-state index in [1.54, 1.807) is 57.3 Å². The Morgan fingerprint density at radius 3 is 2.21 bits per heavy atom. The molecule has 3 rings (SSSR count). The predicted molar refractivity (Wildman–Crippen MR) is 158 cm³/mol. The molecule has 0 radical (unpaired) electrons. The van der Waals surface area contributed by atoms with Gasteiger partial charge in [-0.3, -0.25) is 19.5 Å². The molecule has 0 aliphatic rings. The molecule has 0 fully saturated rings. The first kappa shape index (κ1) is 33.4. The smallest absolute Gasteiger partial charge is 0.396 e. The maximum Gasteiger partial charge on any atom is 0.396 e. The first-order valence-electron chi connectivity index (χ1n) is 13.6. The molecule has 2 atom stereocenters. The van der Waals surface area contributed by atoms with Crippen molar-refractivity contribution >= 4 is 32.6 Å². The maximum atomic E-state index is 14.7. The van der Waals surface area contributed by atoms with Crippen molar-refractivity contribution in [2.75, 3.05) is 10.6 Å². The summed E-state index contributed by atoms with van der Waals surface area (Å²) in [6.45, 7) is 10.3. The van der Waals surface area contributed by atoms with E-state index in [1.165, 1.54) is 32.9 Å². The number of nitrogens with one attached hydrogen (secondary N) is 4. The monoisotopic (exact) mass is 622 g/mol. The van der Waals surface area contributed by atoms with Crippen LogP contribution in [0, 0.1) is 17.3 Å². The van der Waals surface area contributed by atoms with Gasteiger partial charge in [0, 0.05) is 5.92 Å². The van der Waals surface area contributed by atoms with Gasteiger partial charge in [-0.2, -0.15) is 13.2 Å². The Hall–Kier alpha value is -4.05. The fourth-order valence-electron chi connectivity index (χ4n) is 5.12. The van der Waals surface area contributed by atoms with Crippen LogP contribution in [0.1, 0.15) is 34.6 Å². The quantitative estimate of drug-likeness (QED) is 0.193. The number of aromatic amines is 1. The summed E-state index contributed by atoms with van der Waals surface area (Å²) in [6, 6.07) is 10.7. The number of pyridine rings is 1. The van der Waals surface area contributed by atoms with Crippen LogP contribution in [-0.2, 0) is 15.8 Å². The van der Waals surface area contributed by atoms with E-state index in [0.717, 1.165) is 4.57 Å². The van der Waals surface area contributed by atoms with E-state index in [0.29, 0.717) is 11.3 Å². The zero-order valence-electron chi connectivity index (χ0n) is 25.0. The highest BCUT2D eigenvalue weighted by Crippen LogP contribution is 2.49. The molecular weight excluding hydrogens is 585 g/mol. The van der Waals surface area contributed by atoms with Crippen molar-refractivity contribution in [3.8, 4) is 11.3 Å². The summed E-state index contributed by atoms with van der Waals surface area (Å²) >= 11 is 0. The van der Waals surface area contributed by atoms with Crippen LogP contribution in [-0.4, -0.2) is 58.1 Å². The lowest BCUT2D eigenvalue weighted by molar-refractivity contribution is -0.265. The Morgan fingerprint density at radius 2 is 1.70 bits per heavy atom. The Balaban J connectivity index is 2.07. The second-order valence-electron chi connectivity index (χ2n) is 11.7. The number of hydrogen-bond acceptors (Lipinski definition) is 7. The molecule has 0 aliphatic carbocycles. The van der Waals surface area contributed by atoms with Crippen molar-refractivity contribution in [2.45, 2.75) is 66.2 Å². The number of rotatable bonds is 10. The van der Waals surface area contributed by atoms with Crippen molar-refractivity contribution < 1.29 is 27.2 Å². The molecule has 0 saturated heterocycles. The van der Waals surface area contributed by atoms with Crippen molar-refractivity contribution in [3.05, 3.63) is 52.8 Å². The highest BCUT2D eigenvalue weighted by molar-refractivity contribution is 6.48. The molecule has 16 heteroatoms. The van der Waals surface area contributed by atoms with Gasteiger partial charge in [0.1, 0.15) is 23.9 Å².